The molecule has 0 fully saturated rings. The van der Waals surface area contributed by atoms with Gasteiger partial charge in [-0.25, -0.2) is 0 Å². The van der Waals surface area contributed by atoms with Crippen LogP contribution in [0, 0.1) is 0 Å². The van der Waals surface area contributed by atoms with Gasteiger partial charge in [-0.3, -0.25) is 0 Å². The van der Waals surface area contributed by atoms with Crippen molar-refractivity contribution in [1.82, 2.24) is 4.90 Å². The van der Waals surface area contributed by atoms with Gasteiger partial charge in [-0.15, -0.1) is 12.4 Å². The van der Waals surface area contributed by atoms with E-state index in [1.807, 2.05) is 6.07 Å². The molecule has 114 valence electrons. The fourth-order valence-electron chi connectivity index (χ4n) is 2.00. The Kier molecular flexibility index (Phi) is 7.97. The molecule has 0 saturated carbocycles. The number of hydrogen-bond acceptors (Lipinski definition) is 2. The number of nitrogens with zero attached hydrogens (tertiary/aromatic N) is 1. The van der Waals surface area contributed by atoms with Crippen LogP contribution in [0.5, 0.6) is 0 Å². The van der Waals surface area contributed by atoms with E-state index in [0.717, 1.165) is 11.0 Å². The minimum absolute atomic E-state index is 0. The van der Waals surface area contributed by atoms with E-state index in [-0.39, 0.29) is 18.5 Å². The second kappa shape index (κ2) is 9.21. The van der Waals surface area contributed by atoms with E-state index in [1.54, 1.807) is 0 Å². The third-order valence-corrected chi connectivity index (χ3v) is 3.63. The highest BCUT2D eigenvalue weighted by molar-refractivity contribution is 9.10. The van der Waals surface area contributed by atoms with Crippen molar-refractivity contribution in [3.8, 4) is 0 Å². The fraction of sp³-hybridized carbons (Fsp3) is 0.294. The lowest BCUT2D eigenvalue weighted by Crippen LogP contribution is -2.20. The van der Waals surface area contributed by atoms with E-state index in [1.165, 1.54) is 11.1 Å². The normalized spacial score (nSPS) is 12.0. The van der Waals surface area contributed by atoms with Gasteiger partial charge in [-0.2, -0.15) is 0 Å². The van der Waals surface area contributed by atoms with Crippen LogP contribution >= 0.6 is 28.3 Å². The van der Waals surface area contributed by atoms with E-state index in [2.05, 4.69) is 83.5 Å². The summed E-state index contributed by atoms with van der Waals surface area (Å²) in [7, 11) is 4.11. The van der Waals surface area contributed by atoms with Crippen molar-refractivity contribution >= 4 is 28.3 Å². The summed E-state index contributed by atoms with van der Waals surface area (Å²) in [5.74, 6) is 0. The smallest absolute Gasteiger partial charge is 0.108 e. The molecule has 0 saturated heterocycles. The Labute approximate surface area is 141 Å². The monoisotopic (exact) mass is 369 g/mol. The molecule has 4 heteroatoms. The topological polar surface area (TPSA) is 12.5 Å². The highest BCUT2D eigenvalue weighted by Crippen LogP contribution is 2.27. The van der Waals surface area contributed by atoms with Crippen molar-refractivity contribution in [3.05, 3.63) is 70.2 Å². The van der Waals surface area contributed by atoms with E-state index in [0.29, 0.717) is 6.61 Å². The Morgan fingerprint density at radius 2 is 1.52 bits per heavy atom. The van der Waals surface area contributed by atoms with E-state index in [9.17, 15) is 0 Å². The Balaban J connectivity index is 0.00000220. The highest BCUT2D eigenvalue weighted by atomic mass is 79.9. The molecule has 0 aliphatic carbocycles. The van der Waals surface area contributed by atoms with Gasteiger partial charge in [-0.05, 0) is 37.4 Å². The van der Waals surface area contributed by atoms with E-state index in [4.69, 9.17) is 4.74 Å². The molecule has 0 amide bonds. The van der Waals surface area contributed by atoms with Crippen LogP contribution in [0.4, 0.5) is 0 Å². The maximum absolute atomic E-state index is 6.11. The molecule has 0 spiro atoms. The summed E-state index contributed by atoms with van der Waals surface area (Å²) in [5, 5.41) is 0. The van der Waals surface area contributed by atoms with Gasteiger partial charge in [-0.1, -0.05) is 58.4 Å². The minimum atomic E-state index is -0.00995. The third-order valence-electron chi connectivity index (χ3n) is 3.10. The largest absolute Gasteiger partial charge is 0.367 e. The molecular formula is C17H21BrClNO. The average Bonchev–Trinajstić information content (AvgIpc) is 2.46. The van der Waals surface area contributed by atoms with Gasteiger partial charge in [0.15, 0.2) is 0 Å². The summed E-state index contributed by atoms with van der Waals surface area (Å²) in [4.78, 5) is 2.13. The zero-order valence-electron chi connectivity index (χ0n) is 12.3. The van der Waals surface area contributed by atoms with Gasteiger partial charge in [0.05, 0.1) is 6.61 Å². The average molecular weight is 371 g/mol. The van der Waals surface area contributed by atoms with Crippen LogP contribution in [0.1, 0.15) is 17.2 Å². The fourth-order valence-corrected chi connectivity index (χ4v) is 2.27. The summed E-state index contributed by atoms with van der Waals surface area (Å²) in [6.45, 7) is 1.63. The lowest BCUT2D eigenvalue weighted by molar-refractivity contribution is 0.0687. The summed E-state index contributed by atoms with van der Waals surface area (Å²) < 4.78 is 7.19. The maximum Gasteiger partial charge on any atom is 0.108 e. The minimum Gasteiger partial charge on any atom is -0.367 e. The van der Waals surface area contributed by atoms with Crippen LogP contribution in [-0.2, 0) is 4.74 Å². The molecule has 0 heterocycles. The number of likely N-dealkylation sites (N-methyl/N-ethyl adjacent to an activating group) is 1. The number of halogens is 2. The van der Waals surface area contributed by atoms with Gasteiger partial charge in [0.25, 0.3) is 0 Å². The van der Waals surface area contributed by atoms with Crippen molar-refractivity contribution in [2.24, 2.45) is 0 Å². The number of hydrogen-bond donors (Lipinski definition) is 0. The van der Waals surface area contributed by atoms with Crippen molar-refractivity contribution in [1.29, 1.82) is 0 Å². The number of rotatable bonds is 6. The molecule has 21 heavy (non-hydrogen) atoms. The predicted molar refractivity (Wildman–Crippen MR) is 94.2 cm³/mol. The molecule has 0 N–H and O–H groups in total. The van der Waals surface area contributed by atoms with Gasteiger partial charge < -0.3 is 9.64 Å². The van der Waals surface area contributed by atoms with Gasteiger partial charge in [0, 0.05) is 11.0 Å². The van der Waals surface area contributed by atoms with E-state index < -0.39 is 0 Å². The van der Waals surface area contributed by atoms with Crippen LogP contribution in [-0.4, -0.2) is 32.1 Å². The SMILES string of the molecule is CN(C)CCO[C@@H](c1ccccc1)c1ccc(Br)cc1.Cl. The Bertz CT molecular complexity index is 516. The molecule has 2 aromatic rings. The van der Waals surface area contributed by atoms with Crippen LogP contribution in [0.3, 0.4) is 0 Å². The summed E-state index contributed by atoms with van der Waals surface area (Å²) in [6, 6.07) is 18.7. The number of benzene rings is 2. The molecular weight excluding hydrogens is 350 g/mol. The van der Waals surface area contributed by atoms with Crippen LogP contribution in [0.25, 0.3) is 0 Å². The van der Waals surface area contributed by atoms with Crippen molar-refractivity contribution in [2.45, 2.75) is 6.10 Å². The van der Waals surface area contributed by atoms with Gasteiger partial charge in [0.1, 0.15) is 6.10 Å². The first-order valence-corrected chi connectivity index (χ1v) is 7.53. The molecule has 0 radical (unpaired) electrons. The van der Waals surface area contributed by atoms with E-state index >= 15 is 0 Å². The summed E-state index contributed by atoms with van der Waals surface area (Å²) >= 11 is 3.48. The Morgan fingerprint density at radius 1 is 0.952 bits per heavy atom. The second-order valence-electron chi connectivity index (χ2n) is 5.02. The second-order valence-corrected chi connectivity index (χ2v) is 5.93. The summed E-state index contributed by atoms with van der Waals surface area (Å²) in [5.41, 5.74) is 2.37. The lowest BCUT2D eigenvalue weighted by Gasteiger charge is -2.20. The Morgan fingerprint density at radius 3 is 2.10 bits per heavy atom. The maximum atomic E-state index is 6.11. The quantitative estimate of drug-likeness (QED) is 0.740. The molecule has 2 aromatic carbocycles. The molecule has 0 bridgehead atoms. The first kappa shape index (κ1) is 18.2. The summed E-state index contributed by atoms with van der Waals surface area (Å²) in [6.07, 6.45) is -0.00995. The molecule has 0 aliphatic rings. The predicted octanol–water partition coefficient (Wildman–Crippen LogP) is 4.54. The molecule has 0 aromatic heterocycles. The molecule has 0 unspecified atom stereocenters. The molecule has 1 atom stereocenters. The van der Waals surface area contributed by atoms with Crippen molar-refractivity contribution in [3.63, 3.8) is 0 Å². The zero-order valence-corrected chi connectivity index (χ0v) is 14.7. The standard InChI is InChI=1S/C17H20BrNO.ClH/c1-19(2)12-13-20-17(14-6-4-3-5-7-14)15-8-10-16(18)11-9-15;/h3-11,17H,12-13H2,1-2H3;1H/t17-;/m0./s1. The van der Waals surface area contributed by atoms with Gasteiger partial charge in [0.2, 0.25) is 0 Å². The molecule has 0 aliphatic heterocycles. The first-order valence-electron chi connectivity index (χ1n) is 6.73. The van der Waals surface area contributed by atoms with Crippen molar-refractivity contribution < 1.29 is 4.74 Å². The third kappa shape index (κ3) is 5.79. The highest BCUT2D eigenvalue weighted by Gasteiger charge is 2.14. The first-order chi connectivity index (χ1) is 9.66. The zero-order chi connectivity index (χ0) is 14.4. The molecule has 2 nitrogen and oxygen atoms in total. The molecule has 2 rings (SSSR count). The van der Waals surface area contributed by atoms with Crippen LogP contribution in [0.2, 0.25) is 0 Å². The van der Waals surface area contributed by atoms with Crippen molar-refractivity contribution in [2.75, 3.05) is 27.2 Å². The Hall–Kier alpha value is -0.870. The van der Waals surface area contributed by atoms with Gasteiger partial charge >= 0.3 is 0 Å². The van der Waals surface area contributed by atoms with Crippen LogP contribution in [0.15, 0.2) is 59.1 Å². The van der Waals surface area contributed by atoms with Crippen LogP contribution < -0.4 is 0 Å². The number of ether oxygens (including phenoxy) is 1. The lowest BCUT2D eigenvalue weighted by atomic mass is 10.0.